The lowest BCUT2D eigenvalue weighted by atomic mass is 9.90. The lowest BCUT2D eigenvalue weighted by Gasteiger charge is -2.37. The van der Waals surface area contributed by atoms with E-state index in [1.54, 1.807) is 36.4 Å². The summed E-state index contributed by atoms with van der Waals surface area (Å²) in [6, 6.07) is 20.0. The second-order valence-electron chi connectivity index (χ2n) is 15.8. The molecular formula is C47H40F6N4O8S2. The zero-order chi connectivity index (χ0) is 47.8. The Bertz CT molecular complexity index is 2920. The molecule has 0 spiro atoms. The van der Waals surface area contributed by atoms with Crippen molar-refractivity contribution >= 4 is 56.9 Å². The molecule has 2 unspecified atom stereocenters. The lowest BCUT2D eigenvalue weighted by Crippen LogP contribution is -2.51. The van der Waals surface area contributed by atoms with Crippen LogP contribution in [0.1, 0.15) is 45.5 Å². The molecule has 4 N–H and O–H groups in total. The highest BCUT2D eigenvalue weighted by molar-refractivity contribution is 8.14. The van der Waals surface area contributed by atoms with Crippen LogP contribution in [0.15, 0.2) is 105 Å². The number of methoxy groups -OCH3 is 1. The number of phenolic OH excluding ortho intramolecular Hbond substituents is 1. The van der Waals surface area contributed by atoms with Crippen LogP contribution < -0.4 is 20.2 Å². The first-order valence-corrected chi connectivity index (χ1v) is 22.0. The largest absolute Gasteiger partial charge is 0.508 e. The van der Waals surface area contributed by atoms with E-state index >= 15 is 0 Å². The minimum absolute atomic E-state index is 0.0245. The number of rotatable bonds is 11. The van der Waals surface area contributed by atoms with E-state index in [0.717, 1.165) is 11.6 Å². The molecule has 20 heteroatoms. The molecule has 4 aliphatic rings. The van der Waals surface area contributed by atoms with Crippen molar-refractivity contribution in [3.8, 4) is 39.7 Å². The molecule has 0 bridgehead atoms. The van der Waals surface area contributed by atoms with E-state index in [1.165, 1.54) is 55.3 Å². The molecule has 2 atom stereocenters. The summed E-state index contributed by atoms with van der Waals surface area (Å²) in [6.45, 7) is 1.50. The number of nitrogens with zero attached hydrogens (tertiary/aromatic N) is 3. The van der Waals surface area contributed by atoms with Gasteiger partial charge in [0.15, 0.2) is 33.4 Å². The van der Waals surface area contributed by atoms with Gasteiger partial charge in [0, 0.05) is 66.1 Å². The number of hydrogen-bond acceptors (Lipinski definition) is 11. The molecule has 0 aromatic heterocycles. The predicted molar refractivity (Wildman–Crippen MR) is 244 cm³/mol. The van der Waals surface area contributed by atoms with Gasteiger partial charge in [-0.1, -0.05) is 30.0 Å². The van der Waals surface area contributed by atoms with Gasteiger partial charge in [0.1, 0.15) is 23.7 Å². The SMILES string of the molecule is COc1cc(CCCC2SC(N3CCN(C(=S)Nc4ccc(-c5c6ccc(=O)cc-6oc6cc(O)ccc56)c(C(=O)O)c4)CC3)=NC2O)ccc1OCc1ccc(C(F)(F)F)cc1C(F)(F)F. The number of nitrogens with one attached hydrogen (secondary N) is 1. The fourth-order valence-electron chi connectivity index (χ4n) is 8.05. The number of aromatic hydroxyl groups is 1. The number of benzene rings is 5. The molecule has 0 amide bonds. The Balaban J connectivity index is 0.839. The Kier molecular flexibility index (Phi) is 13.3. The van der Waals surface area contributed by atoms with Crippen molar-refractivity contribution in [3.63, 3.8) is 0 Å². The molecule has 0 saturated carbocycles. The Labute approximate surface area is 387 Å². The lowest BCUT2D eigenvalue weighted by molar-refractivity contribution is -0.143. The number of aromatic carboxylic acids is 1. The van der Waals surface area contributed by atoms with Gasteiger partial charge in [-0.15, -0.1) is 0 Å². The van der Waals surface area contributed by atoms with Crippen molar-refractivity contribution in [2.45, 2.75) is 49.7 Å². The number of aliphatic hydroxyl groups excluding tert-OH is 1. The second kappa shape index (κ2) is 19.0. The van der Waals surface area contributed by atoms with Crippen molar-refractivity contribution in [2.24, 2.45) is 4.99 Å². The third kappa shape index (κ3) is 10.4. The van der Waals surface area contributed by atoms with Gasteiger partial charge in [-0.3, -0.25) is 4.79 Å². The molecule has 67 heavy (non-hydrogen) atoms. The molecule has 1 aliphatic carbocycles. The third-order valence-electron chi connectivity index (χ3n) is 11.4. The molecule has 3 aliphatic heterocycles. The van der Waals surface area contributed by atoms with Crippen molar-refractivity contribution in [3.05, 3.63) is 129 Å². The zero-order valence-corrected chi connectivity index (χ0v) is 36.9. The topological polar surface area (TPSA) is 157 Å². The molecule has 3 heterocycles. The second-order valence-corrected chi connectivity index (χ2v) is 17.4. The summed E-state index contributed by atoms with van der Waals surface area (Å²) in [4.78, 5) is 33.5. The number of thiocarbonyl (C=S) groups is 1. The standard InChI is InChI=1S/C47H40F6N4O8S2/c1-63-39-19-25(5-14-36(39)64-24-26-6-7-27(46(48,49)50)20-35(26)47(51,52)53)3-2-4-40-42(60)55-45(67-40)57-17-15-56(16-18-57)44(66)54-28-8-11-31(34(21-28)43(61)62)41-32-12-9-29(58)22-37(32)65-38-23-30(59)10-13-33(38)41/h5-14,19-23,40,42,58,60H,2-4,15-18,24H2,1H3,(H,54,66)(H,61,62). The van der Waals surface area contributed by atoms with Crippen LogP contribution in [0.4, 0.5) is 32.0 Å². The van der Waals surface area contributed by atoms with Gasteiger partial charge < -0.3 is 44.3 Å². The highest BCUT2D eigenvalue weighted by atomic mass is 32.2. The van der Waals surface area contributed by atoms with Gasteiger partial charge in [-0.25, -0.2) is 9.79 Å². The molecule has 4 aromatic carbocycles. The number of amidine groups is 1. The zero-order valence-electron chi connectivity index (χ0n) is 35.3. The highest BCUT2D eigenvalue weighted by Gasteiger charge is 2.38. The number of carboxylic acid groups (broad SMARTS) is 1. The first kappa shape index (κ1) is 47.0. The summed E-state index contributed by atoms with van der Waals surface area (Å²) in [7, 11) is 1.36. The monoisotopic (exact) mass is 966 g/mol. The maximum absolute atomic E-state index is 13.6. The van der Waals surface area contributed by atoms with Gasteiger partial charge in [0.2, 0.25) is 0 Å². The minimum Gasteiger partial charge on any atom is -0.508 e. The molecule has 1 fully saturated rings. The average molecular weight is 967 g/mol. The van der Waals surface area contributed by atoms with Crippen LogP contribution in [0.3, 0.4) is 0 Å². The van der Waals surface area contributed by atoms with Gasteiger partial charge in [0.25, 0.3) is 0 Å². The number of ether oxygens (including phenoxy) is 2. The molecule has 8 rings (SSSR count). The molecule has 0 radical (unpaired) electrons. The van der Waals surface area contributed by atoms with E-state index in [1.807, 2.05) is 4.90 Å². The van der Waals surface area contributed by atoms with Gasteiger partial charge in [-0.2, -0.15) is 26.3 Å². The van der Waals surface area contributed by atoms with Crippen LogP contribution in [0, 0.1) is 0 Å². The van der Waals surface area contributed by atoms with E-state index in [-0.39, 0.29) is 50.9 Å². The van der Waals surface area contributed by atoms with Crippen LogP contribution in [-0.2, 0) is 25.4 Å². The number of carbonyl (C=O) groups is 1. The first-order valence-electron chi connectivity index (χ1n) is 20.7. The number of piperazine rings is 1. The van der Waals surface area contributed by atoms with Crippen molar-refractivity contribution in [2.75, 3.05) is 38.6 Å². The van der Waals surface area contributed by atoms with Crippen molar-refractivity contribution in [1.82, 2.24) is 9.80 Å². The number of thioether (sulfide) groups is 1. The van der Waals surface area contributed by atoms with Crippen LogP contribution in [0.25, 0.3) is 33.4 Å². The fourth-order valence-corrected chi connectivity index (χ4v) is 9.59. The number of phenols is 1. The number of hydrogen-bond donors (Lipinski definition) is 4. The maximum Gasteiger partial charge on any atom is 0.416 e. The van der Waals surface area contributed by atoms with E-state index < -0.39 is 47.8 Å². The van der Waals surface area contributed by atoms with Gasteiger partial charge >= 0.3 is 18.3 Å². The van der Waals surface area contributed by atoms with E-state index in [0.29, 0.717) is 89.6 Å². The molecular weight excluding hydrogens is 927 g/mol. The summed E-state index contributed by atoms with van der Waals surface area (Å²) < 4.78 is 97.2. The normalized spacial score (nSPS) is 16.6. The number of aryl methyl sites for hydroxylation is 1. The summed E-state index contributed by atoms with van der Waals surface area (Å²) >= 11 is 7.23. The summed E-state index contributed by atoms with van der Waals surface area (Å²) in [5, 5.41) is 36.0. The Hall–Kier alpha value is -6.51. The summed E-state index contributed by atoms with van der Waals surface area (Å²) in [5.74, 6) is -0.654. The Morgan fingerprint density at radius 2 is 1.67 bits per heavy atom. The molecule has 350 valence electrons. The summed E-state index contributed by atoms with van der Waals surface area (Å²) in [6.07, 6.45) is -9.07. The number of alkyl halides is 6. The first-order chi connectivity index (χ1) is 31.9. The maximum atomic E-state index is 13.6. The van der Waals surface area contributed by atoms with Crippen LogP contribution in [-0.4, -0.2) is 86.1 Å². The number of halogens is 6. The highest BCUT2D eigenvalue weighted by Crippen LogP contribution is 2.43. The number of carboxylic acids is 1. The van der Waals surface area contributed by atoms with E-state index in [4.69, 9.17) is 26.1 Å². The molecule has 1 saturated heterocycles. The molecule has 4 aromatic rings. The minimum atomic E-state index is -5.03. The van der Waals surface area contributed by atoms with Gasteiger partial charge in [-0.05, 0) is 103 Å². The average Bonchev–Trinajstić information content (AvgIpc) is 3.66. The van der Waals surface area contributed by atoms with E-state index in [2.05, 4.69) is 15.2 Å². The predicted octanol–water partition coefficient (Wildman–Crippen LogP) is 9.72. The third-order valence-corrected chi connectivity index (χ3v) is 13.1. The Morgan fingerprint density at radius 1 is 0.910 bits per heavy atom. The number of aliphatic imine (C=N–C) groups is 1. The van der Waals surface area contributed by atoms with Gasteiger partial charge in [0.05, 0.1) is 29.1 Å². The number of anilines is 1. The van der Waals surface area contributed by atoms with E-state index in [9.17, 15) is 51.3 Å². The quantitative estimate of drug-likeness (QED) is 0.0554. The fraction of sp³-hybridized carbons (Fsp3) is 0.277. The smallest absolute Gasteiger partial charge is 0.416 e. The van der Waals surface area contributed by atoms with Crippen LogP contribution >= 0.6 is 24.0 Å². The Morgan fingerprint density at radius 3 is 2.39 bits per heavy atom. The van der Waals surface area contributed by atoms with Crippen LogP contribution in [0.2, 0.25) is 0 Å². The van der Waals surface area contributed by atoms with Crippen molar-refractivity contribution in [1.29, 1.82) is 0 Å². The number of fused-ring (bicyclic) bond motifs is 2. The van der Waals surface area contributed by atoms with Crippen molar-refractivity contribution < 1.29 is 60.3 Å². The number of aliphatic hydroxyl groups is 1. The molecule has 12 nitrogen and oxygen atoms in total. The summed E-state index contributed by atoms with van der Waals surface area (Å²) in [5.41, 5.74) is -0.652. The van der Waals surface area contributed by atoms with Crippen LogP contribution in [0.5, 0.6) is 17.2 Å².